The quantitative estimate of drug-likeness (QED) is 0.779. The highest BCUT2D eigenvalue weighted by atomic mass is 16.5. The topological polar surface area (TPSA) is 55.5 Å². The fraction of sp³-hybridized carbons (Fsp3) is 1.00. The van der Waals surface area contributed by atoms with Gasteiger partial charge in [0, 0.05) is 13.0 Å². The molecule has 0 amide bonds. The van der Waals surface area contributed by atoms with Crippen molar-refractivity contribution in [1.82, 2.24) is 0 Å². The maximum atomic E-state index is 9.91. The SMILES string of the molecule is CC(CC(C)(O)CN)OC1CCC(C)C(C)C1. The molecule has 0 aliphatic heterocycles. The molecule has 17 heavy (non-hydrogen) atoms. The molecule has 1 aliphatic carbocycles. The van der Waals surface area contributed by atoms with E-state index in [1.54, 1.807) is 6.92 Å². The summed E-state index contributed by atoms with van der Waals surface area (Å²) in [4.78, 5) is 0. The first-order valence-corrected chi connectivity index (χ1v) is 6.92. The van der Waals surface area contributed by atoms with Gasteiger partial charge in [0.25, 0.3) is 0 Å². The van der Waals surface area contributed by atoms with Gasteiger partial charge in [-0.1, -0.05) is 13.8 Å². The fourth-order valence-electron chi connectivity index (χ4n) is 2.70. The molecule has 0 radical (unpaired) electrons. The largest absolute Gasteiger partial charge is 0.389 e. The highest BCUT2D eigenvalue weighted by Crippen LogP contribution is 2.32. The molecule has 0 aromatic rings. The van der Waals surface area contributed by atoms with E-state index in [0.29, 0.717) is 19.1 Å². The molecular formula is C14H29NO2. The fourth-order valence-corrected chi connectivity index (χ4v) is 2.70. The molecule has 3 nitrogen and oxygen atoms in total. The lowest BCUT2D eigenvalue weighted by atomic mass is 9.80. The van der Waals surface area contributed by atoms with Crippen LogP contribution in [0.25, 0.3) is 0 Å². The lowest BCUT2D eigenvalue weighted by Crippen LogP contribution is -2.39. The minimum atomic E-state index is -0.799. The highest BCUT2D eigenvalue weighted by molar-refractivity contribution is 4.79. The van der Waals surface area contributed by atoms with Crippen LogP contribution in [0.1, 0.15) is 53.4 Å². The minimum Gasteiger partial charge on any atom is -0.389 e. The Labute approximate surface area is 106 Å². The van der Waals surface area contributed by atoms with Gasteiger partial charge in [0.1, 0.15) is 0 Å². The zero-order valence-electron chi connectivity index (χ0n) is 11.8. The van der Waals surface area contributed by atoms with Crippen molar-refractivity contribution < 1.29 is 9.84 Å². The summed E-state index contributed by atoms with van der Waals surface area (Å²) in [5.41, 5.74) is 4.72. The molecule has 0 saturated heterocycles. The van der Waals surface area contributed by atoms with E-state index < -0.39 is 5.60 Å². The Bertz CT molecular complexity index is 230. The Balaban J connectivity index is 2.34. The predicted molar refractivity (Wildman–Crippen MR) is 70.8 cm³/mol. The minimum absolute atomic E-state index is 0.0826. The second kappa shape index (κ2) is 6.17. The van der Waals surface area contributed by atoms with Crippen LogP contribution in [0.15, 0.2) is 0 Å². The second-order valence-electron chi connectivity index (χ2n) is 6.24. The molecule has 0 heterocycles. The van der Waals surface area contributed by atoms with Gasteiger partial charge in [-0.05, 0) is 44.9 Å². The normalized spacial score (nSPS) is 35.3. The van der Waals surface area contributed by atoms with Crippen molar-refractivity contribution in [3.8, 4) is 0 Å². The van der Waals surface area contributed by atoms with E-state index in [2.05, 4.69) is 13.8 Å². The molecule has 3 heteroatoms. The summed E-state index contributed by atoms with van der Waals surface area (Å²) in [6.45, 7) is 8.73. The van der Waals surface area contributed by atoms with Gasteiger partial charge in [0.05, 0.1) is 17.8 Å². The maximum Gasteiger partial charge on any atom is 0.0766 e. The van der Waals surface area contributed by atoms with Crippen molar-refractivity contribution in [2.75, 3.05) is 6.54 Å². The van der Waals surface area contributed by atoms with E-state index in [0.717, 1.165) is 24.7 Å². The Morgan fingerprint density at radius 1 is 1.35 bits per heavy atom. The average molecular weight is 243 g/mol. The van der Waals surface area contributed by atoms with Gasteiger partial charge in [0.2, 0.25) is 0 Å². The van der Waals surface area contributed by atoms with E-state index >= 15 is 0 Å². The average Bonchev–Trinajstić information content (AvgIpc) is 2.23. The van der Waals surface area contributed by atoms with Gasteiger partial charge in [-0.3, -0.25) is 0 Å². The molecule has 1 fully saturated rings. The first-order valence-electron chi connectivity index (χ1n) is 6.92. The summed E-state index contributed by atoms with van der Waals surface area (Å²) >= 11 is 0. The van der Waals surface area contributed by atoms with Gasteiger partial charge in [-0.2, -0.15) is 0 Å². The Morgan fingerprint density at radius 2 is 2.00 bits per heavy atom. The number of nitrogens with two attached hydrogens (primary N) is 1. The second-order valence-corrected chi connectivity index (χ2v) is 6.24. The van der Waals surface area contributed by atoms with Crippen LogP contribution in [0.3, 0.4) is 0 Å². The third kappa shape index (κ3) is 4.94. The molecule has 1 rings (SSSR count). The number of rotatable bonds is 5. The van der Waals surface area contributed by atoms with Crippen molar-refractivity contribution in [3.63, 3.8) is 0 Å². The van der Waals surface area contributed by atoms with Gasteiger partial charge in [0.15, 0.2) is 0 Å². The van der Waals surface area contributed by atoms with Crippen LogP contribution in [0, 0.1) is 11.8 Å². The molecule has 0 aromatic heterocycles. The van der Waals surface area contributed by atoms with E-state index in [-0.39, 0.29) is 6.10 Å². The summed E-state index contributed by atoms with van der Waals surface area (Å²) in [7, 11) is 0. The van der Waals surface area contributed by atoms with Crippen molar-refractivity contribution in [2.24, 2.45) is 17.6 Å². The van der Waals surface area contributed by atoms with Gasteiger partial charge < -0.3 is 15.6 Å². The number of hydrogen-bond acceptors (Lipinski definition) is 3. The smallest absolute Gasteiger partial charge is 0.0766 e. The summed E-state index contributed by atoms with van der Waals surface area (Å²) < 4.78 is 6.03. The maximum absolute atomic E-state index is 9.91. The van der Waals surface area contributed by atoms with Crippen LogP contribution in [0.4, 0.5) is 0 Å². The molecule has 1 aliphatic rings. The van der Waals surface area contributed by atoms with Crippen molar-refractivity contribution in [2.45, 2.75) is 71.2 Å². The molecule has 0 aromatic carbocycles. The monoisotopic (exact) mass is 243 g/mol. The van der Waals surface area contributed by atoms with Crippen LogP contribution in [0.5, 0.6) is 0 Å². The highest BCUT2D eigenvalue weighted by Gasteiger charge is 2.28. The Morgan fingerprint density at radius 3 is 2.53 bits per heavy atom. The molecule has 5 unspecified atom stereocenters. The van der Waals surface area contributed by atoms with Crippen molar-refractivity contribution in [1.29, 1.82) is 0 Å². The van der Waals surface area contributed by atoms with E-state index in [1.807, 2.05) is 6.92 Å². The summed E-state index contributed by atoms with van der Waals surface area (Å²) in [6.07, 6.45) is 4.62. The van der Waals surface area contributed by atoms with Crippen LogP contribution in [0.2, 0.25) is 0 Å². The van der Waals surface area contributed by atoms with Crippen molar-refractivity contribution >= 4 is 0 Å². The van der Waals surface area contributed by atoms with E-state index in [9.17, 15) is 5.11 Å². The zero-order valence-corrected chi connectivity index (χ0v) is 11.8. The molecule has 0 bridgehead atoms. The lowest BCUT2D eigenvalue weighted by Gasteiger charge is -2.35. The summed E-state index contributed by atoms with van der Waals surface area (Å²) in [5.74, 6) is 1.56. The summed E-state index contributed by atoms with van der Waals surface area (Å²) in [5, 5.41) is 9.91. The van der Waals surface area contributed by atoms with Crippen molar-refractivity contribution in [3.05, 3.63) is 0 Å². The standard InChI is InChI=1S/C14H29NO2/c1-10-5-6-13(7-11(10)2)17-12(3)8-14(4,16)9-15/h10-13,16H,5-9,15H2,1-4H3. The van der Waals surface area contributed by atoms with Gasteiger partial charge in [-0.25, -0.2) is 0 Å². The molecule has 0 spiro atoms. The third-order valence-electron chi connectivity index (χ3n) is 4.14. The molecule has 3 N–H and O–H groups in total. The van der Waals surface area contributed by atoms with Gasteiger partial charge >= 0.3 is 0 Å². The molecule has 102 valence electrons. The number of aliphatic hydroxyl groups is 1. The molecular weight excluding hydrogens is 214 g/mol. The van der Waals surface area contributed by atoms with E-state index in [1.165, 1.54) is 6.42 Å². The first-order chi connectivity index (χ1) is 7.84. The number of hydrogen-bond donors (Lipinski definition) is 2. The van der Waals surface area contributed by atoms with Crippen LogP contribution < -0.4 is 5.73 Å². The first kappa shape index (κ1) is 14.9. The molecule has 5 atom stereocenters. The van der Waals surface area contributed by atoms with Crippen LogP contribution >= 0.6 is 0 Å². The summed E-state index contributed by atoms with van der Waals surface area (Å²) in [6, 6.07) is 0. The van der Waals surface area contributed by atoms with Crippen LogP contribution in [-0.4, -0.2) is 29.5 Å². The molecule has 1 saturated carbocycles. The Hall–Kier alpha value is -0.120. The Kier molecular flexibility index (Phi) is 5.42. The predicted octanol–water partition coefficient (Wildman–Crippen LogP) is 2.32. The van der Waals surface area contributed by atoms with Gasteiger partial charge in [-0.15, -0.1) is 0 Å². The van der Waals surface area contributed by atoms with Crippen LogP contribution in [-0.2, 0) is 4.74 Å². The zero-order chi connectivity index (χ0) is 13.1. The third-order valence-corrected chi connectivity index (χ3v) is 4.14. The van der Waals surface area contributed by atoms with E-state index in [4.69, 9.17) is 10.5 Å². The lowest BCUT2D eigenvalue weighted by molar-refractivity contribution is -0.0725. The number of ether oxygens (including phenoxy) is 1.